The molecule has 0 spiro atoms. The van der Waals surface area contributed by atoms with Crippen molar-refractivity contribution in [3.63, 3.8) is 0 Å². The minimum Gasteiger partial charge on any atom is -0.394 e. The highest BCUT2D eigenvalue weighted by Crippen LogP contribution is 1.98. The second-order valence-electron chi connectivity index (χ2n) is 7.47. The van der Waals surface area contributed by atoms with Crippen molar-refractivity contribution in [1.82, 2.24) is 0 Å². The van der Waals surface area contributed by atoms with Crippen molar-refractivity contribution in [1.29, 1.82) is 0 Å². The second-order valence-corrected chi connectivity index (χ2v) is 7.47. The van der Waals surface area contributed by atoms with Gasteiger partial charge < -0.3 is 101 Å². The lowest BCUT2D eigenvalue weighted by molar-refractivity contribution is -0.128. The Labute approximate surface area is 226 Å². The monoisotopic (exact) mass is 600 g/mol. The molecule has 40 heavy (non-hydrogen) atoms. The number of carbonyl (C=O) groups is 4. The molecule has 0 aromatic rings. The van der Waals surface area contributed by atoms with Gasteiger partial charge >= 0.3 is 0 Å². The summed E-state index contributed by atoms with van der Waals surface area (Å²) in [6.45, 7) is -2.75. The van der Waals surface area contributed by atoms with Gasteiger partial charge in [-0.25, -0.2) is 0 Å². The maximum Gasteiger partial charge on any atom is 0.151 e. The summed E-state index contributed by atoms with van der Waals surface area (Å²) >= 11 is 0. The van der Waals surface area contributed by atoms with Crippen molar-refractivity contribution in [2.24, 2.45) is 0 Å². The fourth-order valence-corrected chi connectivity index (χ4v) is 1.66. The average molecular weight is 601 g/mol. The maximum atomic E-state index is 9.76. The van der Waals surface area contributed by atoms with E-state index in [1.165, 1.54) is 0 Å². The van der Waals surface area contributed by atoms with E-state index in [2.05, 4.69) is 0 Å². The van der Waals surface area contributed by atoms with E-state index >= 15 is 0 Å². The molecule has 0 aliphatic rings. The van der Waals surface area contributed by atoms with Crippen LogP contribution in [-0.4, -0.2) is 207 Å². The Kier molecular flexibility index (Phi) is 30.7. The Morgan fingerprint density at radius 3 is 0.525 bits per heavy atom. The Balaban J connectivity index is -0.000000216. The standard InChI is InChI=1S/4C5H10O5/c4*6-1-3(8)5(10)4(9)2-7/h4*1,3-5,7-10H,2H2/t3-,4+,5+;3-,4+,5-;3-,4-,5+;3-,4-,5-/m0011/s1. The van der Waals surface area contributed by atoms with Crippen LogP contribution in [0.3, 0.4) is 0 Å². The van der Waals surface area contributed by atoms with Gasteiger partial charge in [0.2, 0.25) is 0 Å². The van der Waals surface area contributed by atoms with Crippen LogP contribution in [0.25, 0.3) is 0 Å². The summed E-state index contributed by atoms with van der Waals surface area (Å²) in [6.07, 6.45) is -18.5. The van der Waals surface area contributed by atoms with Gasteiger partial charge in [0.25, 0.3) is 0 Å². The fourth-order valence-electron chi connectivity index (χ4n) is 1.66. The zero-order chi connectivity index (χ0) is 32.6. The van der Waals surface area contributed by atoms with Crippen molar-refractivity contribution >= 4 is 25.1 Å². The van der Waals surface area contributed by atoms with E-state index in [0.29, 0.717) is 0 Å². The maximum absolute atomic E-state index is 9.76. The van der Waals surface area contributed by atoms with Crippen LogP contribution < -0.4 is 0 Å². The molecule has 0 radical (unpaired) electrons. The number of hydrogen-bond donors (Lipinski definition) is 16. The minimum atomic E-state index is -1.64. The number of aliphatic hydroxyl groups excluding tert-OH is 16. The van der Waals surface area contributed by atoms with Crippen LogP contribution in [0, 0.1) is 0 Å². The van der Waals surface area contributed by atoms with E-state index in [0.717, 1.165) is 0 Å². The molecule has 0 aliphatic heterocycles. The SMILES string of the molecule is O=C[C@@H](O)[C@@H](O)[C@H](O)CO.O=C[C@@H](O)[C@H](O)[C@H](O)CO.O=C[C@H](O)[C@@H](O)[C@H](O)CO.O=C[C@H](O)[C@H](O)[C@H](O)CO. The third-order valence-corrected chi connectivity index (χ3v) is 4.28. The first kappa shape index (κ1) is 45.0. The van der Waals surface area contributed by atoms with Crippen molar-refractivity contribution in [2.75, 3.05) is 26.4 Å². The van der Waals surface area contributed by atoms with E-state index < -0.39 is 99.7 Å². The molecule has 0 heterocycles. The Bertz CT molecular complexity index is 521. The van der Waals surface area contributed by atoms with E-state index in [1.54, 1.807) is 0 Å². The van der Waals surface area contributed by atoms with Crippen LogP contribution in [0.15, 0.2) is 0 Å². The largest absolute Gasteiger partial charge is 0.394 e. The summed E-state index contributed by atoms with van der Waals surface area (Å²) in [5.41, 5.74) is 0. The van der Waals surface area contributed by atoms with Gasteiger partial charge in [-0.3, -0.25) is 0 Å². The lowest BCUT2D eigenvalue weighted by Crippen LogP contribution is -2.40. The molecule has 0 aromatic carbocycles. The molecule has 12 atom stereocenters. The Hall–Kier alpha value is -1.96. The smallest absolute Gasteiger partial charge is 0.151 e. The van der Waals surface area contributed by atoms with Gasteiger partial charge in [-0.05, 0) is 0 Å². The van der Waals surface area contributed by atoms with Gasteiger partial charge in [-0.1, -0.05) is 0 Å². The van der Waals surface area contributed by atoms with Crippen LogP contribution >= 0.6 is 0 Å². The third-order valence-electron chi connectivity index (χ3n) is 4.28. The predicted octanol–water partition coefficient (Wildman–Crippen LogP) is -11.0. The van der Waals surface area contributed by atoms with Crippen LogP contribution in [0.5, 0.6) is 0 Å². The lowest BCUT2D eigenvalue weighted by Gasteiger charge is -2.16. The van der Waals surface area contributed by atoms with Crippen molar-refractivity contribution in [3.8, 4) is 0 Å². The first-order chi connectivity index (χ1) is 18.5. The summed E-state index contributed by atoms with van der Waals surface area (Å²) in [6, 6.07) is 0. The molecule has 20 heteroatoms. The summed E-state index contributed by atoms with van der Waals surface area (Å²) < 4.78 is 0. The van der Waals surface area contributed by atoms with Gasteiger partial charge in [0.05, 0.1) is 26.4 Å². The predicted molar refractivity (Wildman–Crippen MR) is 125 cm³/mol. The van der Waals surface area contributed by atoms with Crippen molar-refractivity contribution < 1.29 is 101 Å². The Morgan fingerprint density at radius 1 is 0.325 bits per heavy atom. The Morgan fingerprint density at radius 2 is 0.450 bits per heavy atom. The lowest BCUT2D eigenvalue weighted by atomic mass is 10.1. The molecule has 20 nitrogen and oxygen atoms in total. The van der Waals surface area contributed by atoms with Crippen LogP contribution in [0.4, 0.5) is 0 Å². The molecule has 0 bridgehead atoms. The number of hydrogen-bond acceptors (Lipinski definition) is 20. The summed E-state index contributed by atoms with van der Waals surface area (Å²) in [4.78, 5) is 39.1. The van der Waals surface area contributed by atoms with Gasteiger partial charge in [0, 0.05) is 0 Å². The molecule has 16 N–H and O–H groups in total. The molecule has 0 aromatic heterocycles. The molecule has 240 valence electrons. The molecule has 0 fully saturated rings. The highest BCUT2D eigenvalue weighted by molar-refractivity contribution is 5.57. The van der Waals surface area contributed by atoms with E-state index in [1.807, 2.05) is 0 Å². The second kappa shape index (κ2) is 27.2. The van der Waals surface area contributed by atoms with Gasteiger partial charge in [0.15, 0.2) is 25.1 Å². The fraction of sp³-hybridized carbons (Fsp3) is 0.800. The van der Waals surface area contributed by atoms with E-state index in [4.69, 9.17) is 81.7 Å². The van der Waals surface area contributed by atoms with Crippen molar-refractivity contribution in [2.45, 2.75) is 73.2 Å². The third kappa shape index (κ3) is 20.9. The summed E-state index contributed by atoms with van der Waals surface area (Å²) in [5.74, 6) is 0. The van der Waals surface area contributed by atoms with Crippen LogP contribution in [0.1, 0.15) is 0 Å². The van der Waals surface area contributed by atoms with Gasteiger partial charge in [-0.15, -0.1) is 0 Å². The highest BCUT2D eigenvalue weighted by atomic mass is 16.4. The summed E-state index contributed by atoms with van der Waals surface area (Å²) in [7, 11) is 0. The zero-order valence-electron chi connectivity index (χ0n) is 20.9. The number of rotatable bonds is 16. The van der Waals surface area contributed by atoms with E-state index in [9.17, 15) is 19.2 Å². The molecular weight excluding hydrogens is 560 g/mol. The van der Waals surface area contributed by atoms with Gasteiger partial charge in [-0.2, -0.15) is 0 Å². The van der Waals surface area contributed by atoms with E-state index in [-0.39, 0.29) is 25.1 Å². The molecule has 0 saturated carbocycles. The number of aliphatic hydroxyl groups is 16. The minimum absolute atomic E-state index is 0.0869. The first-order valence-electron chi connectivity index (χ1n) is 10.9. The van der Waals surface area contributed by atoms with Gasteiger partial charge in [0.1, 0.15) is 73.2 Å². The molecular formula is C20H40O20. The quantitative estimate of drug-likeness (QED) is 0.0730. The topological polar surface area (TPSA) is 392 Å². The number of aldehydes is 4. The molecule has 0 saturated heterocycles. The molecule has 0 aliphatic carbocycles. The molecule has 0 rings (SSSR count). The summed E-state index contributed by atoms with van der Waals surface area (Å²) in [5, 5.41) is 136. The normalized spacial score (nSPS) is 19.6. The van der Waals surface area contributed by atoms with Crippen molar-refractivity contribution in [3.05, 3.63) is 0 Å². The van der Waals surface area contributed by atoms with Crippen LogP contribution in [-0.2, 0) is 19.2 Å². The highest BCUT2D eigenvalue weighted by Gasteiger charge is 2.25. The average Bonchev–Trinajstić information content (AvgIpc) is 3.00. The number of carbonyl (C=O) groups excluding carboxylic acids is 4. The zero-order valence-corrected chi connectivity index (χ0v) is 20.9. The van der Waals surface area contributed by atoms with Crippen LogP contribution in [0.2, 0.25) is 0 Å². The molecule has 0 unspecified atom stereocenters. The molecule has 0 amide bonds. The first-order valence-corrected chi connectivity index (χ1v) is 10.9.